The van der Waals surface area contributed by atoms with Crippen LogP contribution in [0.2, 0.25) is 0 Å². The second-order valence-corrected chi connectivity index (χ2v) is 3.57. The molecular weight excluding hydrogens is 202 g/mol. The second-order valence-electron chi connectivity index (χ2n) is 3.57. The number of carboxylic acid groups (broad SMARTS) is 1. The molecule has 90 valence electrons. The van der Waals surface area contributed by atoms with Crippen LogP contribution in [-0.4, -0.2) is 19.1 Å². The molecule has 0 spiro atoms. The van der Waals surface area contributed by atoms with E-state index in [1.165, 1.54) is 32.4 Å². The Morgan fingerprint density at radius 2 is 1.25 bits per heavy atom. The van der Waals surface area contributed by atoms with E-state index in [9.17, 15) is 0 Å². The average molecular weight is 223 g/mol. The van der Waals surface area contributed by atoms with Gasteiger partial charge in [0.25, 0.3) is 0 Å². The lowest BCUT2D eigenvalue weighted by Gasteiger charge is -2.05. The van der Waals surface area contributed by atoms with Gasteiger partial charge in [0, 0.05) is 5.97 Å². The van der Waals surface area contributed by atoms with Crippen LogP contribution in [-0.2, 0) is 4.79 Å². The zero-order valence-corrected chi connectivity index (χ0v) is 9.89. The van der Waals surface area contributed by atoms with Gasteiger partial charge in [-0.15, -0.1) is 0 Å². The number of piperidine rings is 1. The van der Waals surface area contributed by atoms with Gasteiger partial charge in [-0.1, -0.05) is 36.4 Å². The summed E-state index contributed by atoms with van der Waals surface area (Å²) in [6.07, 6.45) is 4.36. The molecule has 0 amide bonds. The fourth-order valence-corrected chi connectivity index (χ4v) is 1.28. The lowest BCUT2D eigenvalue weighted by atomic mass is 10.2. The Balaban J connectivity index is 0.000000217. The third-order valence-electron chi connectivity index (χ3n) is 1.98. The molecule has 1 aromatic carbocycles. The molecule has 3 nitrogen and oxygen atoms in total. The van der Waals surface area contributed by atoms with Crippen molar-refractivity contribution < 1.29 is 15.2 Å². The largest absolute Gasteiger partial charge is 0.550 e. The second kappa shape index (κ2) is 11.7. The third-order valence-corrected chi connectivity index (χ3v) is 1.98. The summed E-state index contributed by atoms with van der Waals surface area (Å²) in [5.74, 6) is -1.08. The fourth-order valence-electron chi connectivity index (χ4n) is 1.28. The Kier molecular flexibility index (Phi) is 10.7. The van der Waals surface area contributed by atoms with Crippen molar-refractivity contribution in [3.05, 3.63) is 36.4 Å². The minimum absolute atomic E-state index is 0.972. The van der Waals surface area contributed by atoms with Crippen molar-refractivity contribution in [3.63, 3.8) is 0 Å². The van der Waals surface area contributed by atoms with Gasteiger partial charge in [-0.3, -0.25) is 0 Å². The molecule has 0 bridgehead atoms. The molecule has 1 saturated heterocycles. The maximum absolute atomic E-state index is 8.89. The molecule has 1 aromatic rings. The van der Waals surface area contributed by atoms with E-state index in [0.717, 1.165) is 6.92 Å². The van der Waals surface area contributed by atoms with Gasteiger partial charge in [-0.25, -0.2) is 0 Å². The van der Waals surface area contributed by atoms with Crippen molar-refractivity contribution in [2.24, 2.45) is 0 Å². The topological polar surface area (TPSA) is 56.7 Å². The van der Waals surface area contributed by atoms with Crippen molar-refractivity contribution in [2.75, 3.05) is 13.1 Å². The zero-order valence-electron chi connectivity index (χ0n) is 9.89. The van der Waals surface area contributed by atoms with Gasteiger partial charge in [0.2, 0.25) is 0 Å². The number of carbonyl (C=O) groups excluding carboxylic acids is 1. The molecule has 0 atom stereocenters. The molecule has 1 heterocycles. The summed E-state index contributed by atoms with van der Waals surface area (Å²) in [5.41, 5.74) is 0. The maximum atomic E-state index is 8.89. The molecular formula is C13H21NO2. The third kappa shape index (κ3) is 15.1. The number of carbonyl (C=O) groups is 1. The van der Waals surface area contributed by atoms with E-state index in [-0.39, 0.29) is 0 Å². The normalized spacial score (nSPS) is 13.6. The number of rotatable bonds is 0. The van der Waals surface area contributed by atoms with Crippen LogP contribution in [0, 0.1) is 0 Å². The van der Waals surface area contributed by atoms with Crippen LogP contribution in [0.15, 0.2) is 36.4 Å². The van der Waals surface area contributed by atoms with Crippen LogP contribution in [0.5, 0.6) is 0 Å². The van der Waals surface area contributed by atoms with Gasteiger partial charge in [-0.2, -0.15) is 0 Å². The maximum Gasteiger partial charge on any atom is 0.0755 e. The van der Waals surface area contributed by atoms with Crippen molar-refractivity contribution >= 4 is 5.97 Å². The lowest BCUT2D eigenvalue weighted by Crippen LogP contribution is -2.85. The quantitative estimate of drug-likeness (QED) is 0.682. The van der Waals surface area contributed by atoms with Gasteiger partial charge in [0.15, 0.2) is 0 Å². The number of benzene rings is 1. The van der Waals surface area contributed by atoms with Crippen LogP contribution in [0.1, 0.15) is 26.2 Å². The first-order chi connectivity index (χ1) is 7.73. The molecule has 1 fully saturated rings. The first-order valence-corrected chi connectivity index (χ1v) is 5.72. The molecule has 3 heteroatoms. The summed E-state index contributed by atoms with van der Waals surface area (Å²) in [6, 6.07) is 12.0. The summed E-state index contributed by atoms with van der Waals surface area (Å²) < 4.78 is 0. The summed E-state index contributed by atoms with van der Waals surface area (Å²) in [4.78, 5) is 8.89. The first kappa shape index (κ1) is 14.6. The predicted molar refractivity (Wildman–Crippen MR) is 62.6 cm³/mol. The standard InChI is InChI=1S/C6H6.C5H11N.C2H4O2/c2*1-2-4-6-5-3-1;1-2(3)4/h1-6H;6H,1-5H2;1H3,(H,3,4). The van der Waals surface area contributed by atoms with Gasteiger partial charge in [0.05, 0.1) is 13.1 Å². The number of hydrogen-bond donors (Lipinski definition) is 1. The average Bonchev–Trinajstić information content (AvgIpc) is 2.34. The number of nitrogens with two attached hydrogens (primary N) is 1. The van der Waals surface area contributed by atoms with Crippen LogP contribution in [0.25, 0.3) is 0 Å². The molecule has 1 aliphatic rings. The van der Waals surface area contributed by atoms with Crippen LogP contribution >= 0.6 is 0 Å². The van der Waals surface area contributed by atoms with E-state index in [2.05, 4.69) is 5.32 Å². The lowest BCUT2D eigenvalue weighted by molar-refractivity contribution is -0.662. The molecule has 0 radical (unpaired) electrons. The van der Waals surface area contributed by atoms with Crippen molar-refractivity contribution in [1.82, 2.24) is 0 Å². The molecule has 1 aliphatic heterocycles. The Morgan fingerprint density at radius 1 is 0.938 bits per heavy atom. The highest BCUT2D eigenvalue weighted by atomic mass is 16.4. The van der Waals surface area contributed by atoms with Crippen molar-refractivity contribution in [3.8, 4) is 0 Å². The molecule has 0 aromatic heterocycles. The fraction of sp³-hybridized carbons (Fsp3) is 0.462. The Hall–Kier alpha value is -1.35. The van der Waals surface area contributed by atoms with E-state index in [4.69, 9.17) is 9.90 Å². The van der Waals surface area contributed by atoms with E-state index >= 15 is 0 Å². The van der Waals surface area contributed by atoms with E-state index < -0.39 is 5.97 Å². The van der Waals surface area contributed by atoms with Crippen molar-refractivity contribution in [2.45, 2.75) is 26.2 Å². The molecule has 2 N–H and O–H groups in total. The Labute approximate surface area is 97.5 Å². The SMILES string of the molecule is C1CC[NH2+]CC1.CC(=O)[O-].c1ccccc1. The number of carboxylic acids is 1. The molecule has 0 unspecified atom stereocenters. The van der Waals surface area contributed by atoms with E-state index in [0.29, 0.717) is 0 Å². The monoisotopic (exact) mass is 223 g/mol. The zero-order chi connectivity index (χ0) is 12.1. The smallest absolute Gasteiger partial charge is 0.0755 e. The first-order valence-electron chi connectivity index (χ1n) is 5.72. The number of quaternary nitrogens is 1. The molecule has 0 aliphatic carbocycles. The summed E-state index contributed by atoms with van der Waals surface area (Å²) >= 11 is 0. The highest BCUT2D eigenvalue weighted by Gasteiger charge is 1.97. The summed E-state index contributed by atoms with van der Waals surface area (Å²) in [6.45, 7) is 3.72. The molecule has 16 heavy (non-hydrogen) atoms. The Morgan fingerprint density at radius 3 is 1.38 bits per heavy atom. The number of hydrogen-bond acceptors (Lipinski definition) is 2. The number of aliphatic carboxylic acids is 1. The molecule has 2 rings (SSSR count). The summed E-state index contributed by atoms with van der Waals surface area (Å²) in [5, 5.41) is 11.3. The summed E-state index contributed by atoms with van der Waals surface area (Å²) in [7, 11) is 0. The highest BCUT2D eigenvalue weighted by Crippen LogP contribution is 1.91. The minimum Gasteiger partial charge on any atom is -0.550 e. The van der Waals surface area contributed by atoms with Gasteiger partial charge in [0.1, 0.15) is 0 Å². The van der Waals surface area contributed by atoms with Gasteiger partial charge >= 0.3 is 0 Å². The molecule has 0 saturated carbocycles. The predicted octanol–water partition coefficient (Wildman–Crippen LogP) is 0.177. The van der Waals surface area contributed by atoms with E-state index in [1.807, 2.05) is 36.4 Å². The van der Waals surface area contributed by atoms with Crippen molar-refractivity contribution in [1.29, 1.82) is 0 Å². The van der Waals surface area contributed by atoms with Crippen LogP contribution in [0.4, 0.5) is 0 Å². The Bertz CT molecular complexity index is 203. The van der Waals surface area contributed by atoms with Gasteiger partial charge in [-0.05, 0) is 26.2 Å². The van der Waals surface area contributed by atoms with E-state index in [1.54, 1.807) is 0 Å². The highest BCUT2D eigenvalue weighted by molar-refractivity contribution is 5.60. The van der Waals surface area contributed by atoms with Gasteiger partial charge < -0.3 is 15.2 Å². The minimum atomic E-state index is -1.08. The van der Waals surface area contributed by atoms with Crippen LogP contribution in [0.3, 0.4) is 0 Å². The van der Waals surface area contributed by atoms with Crippen LogP contribution < -0.4 is 10.4 Å².